The van der Waals surface area contributed by atoms with Crippen LogP contribution in [0.1, 0.15) is 27.0 Å². The lowest BCUT2D eigenvalue weighted by atomic mass is 9.93. The summed E-state index contributed by atoms with van der Waals surface area (Å²) >= 11 is 0. The second-order valence-electron chi connectivity index (χ2n) is 8.55. The molecule has 1 aliphatic heterocycles. The van der Waals surface area contributed by atoms with Gasteiger partial charge in [-0.1, -0.05) is 26.7 Å². The van der Waals surface area contributed by atoms with E-state index in [2.05, 4.69) is 54.7 Å². The van der Waals surface area contributed by atoms with Gasteiger partial charge in [0.2, 0.25) is 0 Å². The summed E-state index contributed by atoms with van der Waals surface area (Å²) in [5.41, 5.74) is 4.91. The fourth-order valence-corrected chi connectivity index (χ4v) is 4.30. The van der Waals surface area contributed by atoms with Crippen LogP contribution in [0.15, 0.2) is 12.7 Å². The van der Waals surface area contributed by atoms with E-state index >= 15 is 0 Å². The first-order valence-corrected chi connectivity index (χ1v) is 11.9. The van der Waals surface area contributed by atoms with Crippen molar-refractivity contribution in [3.8, 4) is 12.3 Å². The van der Waals surface area contributed by atoms with Crippen molar-refractivity contribution in [3.05, 3.63) is 12.7 Å². The Hall–Kier alpha value is -2.03. The van der Waals surface area contributed by atoms with Crippen LogP contribution < -0.4 is 5.73 Å². The molecule has 0 aliphatic carbocycles. The molecule has 0 spiro atoms. The molecule has 0 unspecified atom stereocenters. The Morgan fingerprint density at radius 2 is 2.07 bits per heavy atom. The third-order valence-electron chi connectivity index (χ3n) is 5.77. The molecule has 0 radical (unpaired) electrons. The average Bonchev–Trinajstić information content (AvgIpc) is 3.15. The minimum Gasteiger partial charge on any atom is -0.405 e. The number of nitrogen functional groups attached to an aromatic ring is 1. The average molecular weight is 406 g/mol. The van der Waals surface area contributed by atoms with Crippen LogP contribution >= 0.6 is 0 Å². The highest BCUT2D eigenvalue weighted by molar-refractivity contribution is 6.74. The van der Waals surface area contributed by atoms with Crippen LogP contribution in [-0.2, 0) is 9.16 Å². The van der Waals surface area contributed by atoms with Crippen LogP contribution in [-0.4, -0.2) is 62.5 Å². The van der Waals surface area contributed by atoms with Gasteiger partial charge >= 0.3 is 0 Å². The zero-order valence-corrected chi connectivity index (χ0v) is 17.7. The number of hydrogen-bond donors (Lipinski definition) is 3. The molecule has 2 aromatic heterocycles. The third-order valence-corrected chi connectivity index (χ3v) is 10.2. The Morgan fingerprint density at radius 1 is 1.39 bits per heavy atom. The number of ether oxygens (including phenoxy) is 1. The fourth-order valence-electron chi connectivity index (χ4n) is 3.01. The highest BCUT2D eigenvalue weighted by Gasteiger charge is 2.59. The number of nitrogens with two attached hydrogens (primary N) is 1. The van der Waals surface area contributed by atoms with E-state index in [1.54, 1.807) is 4.57 Å². The summed E-state index contributed by atoms with van der Waals surface area (Å²) in [6, 6.07) is 0. The second-order valence-corrected chi connectivity index (χ2v) is 13.3. The highest BCUT2D eigenvalue weighted by Crippen LogP contribution is 2.45. The van der Waals surface area contributed by atoms with Gasteiger partial charge in [-0.3, -0.25) is 4.57 Å². The SMILES string of the molecule is C#C[C@@]1(O)[C@@H](CO)O[C@@H](n2cnc3c(N)ncnc32)[C@@H]1O[Si](C)(C)C(C)(C)C. The van der Waals surface area contributed by atoms with Crippen LogP contribution in [0.3, 0.4) is 0 Å². The molecule has 0 amide bonds. The highest BCUT2D eigenvalue weighted by atomic mass is 28.4. The zero-order chi connectivity index (χ0) is 20.9. The minimum atomic E-state index is -2.36. The molecule has 0 saturated carbocycles. The monoisotopic (exact) mass is 405 g/mol. The number of aliphatic hydroxyl groups excluding tert-OH is 1. The molecular formula is C18H27N5O4Si. The first-order chi connectivity index (χ1) is 13.0. The van der Waals surface area contributed by atoms with Crippen molar-refractivity contribution in [3.63, 3.8) is 0 Å². The van der Waals surface area contributed by atoms with Crippen LogP contribution in [0.4, 0.5) is 5.82 Å². The van der Waals surface area contributed by atoms with Gasteiger partial charge in [-0.2, -0.15) is 0 Å². The summed E-state index contributed by atoms with van der Waals surface area (Å²) in [7, 11) is -2.36. The zero-order valence-electron chi connectivity index (χ0n) is 16.7. The number of anilines is 1. The maximum Gasteiger partial charge on any atom is 0.192 e. The van der Waals surface area contributed by atoms with Crippen molar-refractivity contribution in [2.24, 2.45) is 0 Å². The number of aromatic nitrogens is 4. The topological polar surface area (TPSA) is 129 Å². The molecule has 2 aromatic rings. The molecule has 4 N–H and O–H groups in total. The summed E-state index contributed by atoms with van der Waals surface area (Å²) in [5.74, 6) is 2.62. The van der Waals surface area contributed by atoms with Crippen molar-refractivity contribution in [2.75, 3.05) is 12.3 Å². The quantitative estimate of drug-likeness (QED) is 0.509. The Kier molecular flexibility index (Phi) is 5.02. The second kappa shape index (κ2) is 6.79. The molecule has 1 saturated heterocycles. The third kappa shape index (κ3) is 3.09. The minimum absolute atomic E-state index is 0.131. The van der Waals surface area contributed by atoms with E-state index in [0.717, 1.165) is 0 Å². The first kappa shape index (κ1) is 20.7. The predicted molar refractivity (Wildman–Crippen MR) is 107 cm³/mol. The van der Waals surface area contributed by atoms with Gasteiger partial charge in [0, 0.05) is 0 Å². The molecular weight excluding hydrogens is 378 g/mol. The van der Waals surface area contributed by atoms with Crippen LogP contribution in [0.2, 0.25) is 18.1 Å². The smallest absolute Gasteiger partial charge is 0.192 e. The fraction of sp³-hybridized carbons (Fsp3) is 0.611. The van der Waals surface area contributed by atoms with E-state index in [1.165, 1.54) is 12.7 Å². The maximum atomic E-state index is 11.2. The van der Waals surface area contributed by atoms with Crippen molar-refractivity contribution in [1.82, 2.24) is 19.5 Å². The molecule has 1 fully saturated rings. The number of terminal acetylenes is 1. The largest absolute Gasteiger partial charge is 0.405 e. The standard InChI is InChI=1S/C18H27N5O4Si/c1-7-18(25)11(8-24)26-16(13(18)27-28(5,6)17(2,3)4)23-10-22-12-14(19)20-9-21-15(12)23/h1,9-11,13,16,24-25H,8H2,2-6H3,(H2,19,20,21)/t11-,13+,16-,18-/m1/s1. The molecule has 28 heavy (non-hydrogen) atoms. The van der Waals surface area contributed by atoms with Gasteiger partial charge in [-0.05, 0) is 18.1 Å². The molecule has 4 atom stereocenters. The Morgan fingerprint density at radius 3 is 2.64 bits per heavy atom. The Balaban J connectivity index is 2.12. The molecule has 152 valence electrons. The molecule has 1 aliphatic rings. The number of rotatable bonds is 4. The van der Waals surface area contributed by atoms with Gasteiger partial charge in [-0.25, -0.2) is 15.0 Å². The number of aliphatic hydroxyl groups is 2. The lowest BCUT2D eigenvalue weighted by Gasteiger charge is -2.41. The van der Waals surface area contributed by atoms with Gasteiger partial charge < -0.3 is 25.1 Å². The first-order valence-electron chi connectivity index (χ1n) is 9.03. The molecule has 0 aromatic carbocycles. The van der Waals surface area contributed by atoms with Crippen LogP contribution in [0.25, 0.3) is 11.2 Å². The lowest BCUT2D eigenvalue weighted by Crippen LogP contribution is -2.55. The molecule has 3 heterocycles. The molecule has 10 heteroatoms. The number of fused-ring (bicyclic) bond motifs is 1. The van der Waals surface area contributed by atoms with Crippen molar-refractivity contribution in [1.29, 1.82) is 0 Å². The van der Waals surface area contributed by atoms with Gasteiger partial charge in [0.1, 0.15) is 24.1 Å². The summed E-state index contributed by atoms with van der Waals surface area (Å²) in [4.78, 5) is 12.4. The summed E-state index contributed by atoms with van der Waals surface area (Å²) in [6.45, 7) is 9.91. The van der Waals surface area contributed by atoms with E-state index in [0.29, 0.717) is 11.2 Å². The summed E-state index contributed by atoms with van der Waals surface area (Å²) in [5, 5.41) is 20.9. The van der Waals surface area contributed by atoms with E-state index in [4.69, 9.17) is 21.3 Å². The van der Waals surface area contributed by atoms with Gasteiger partial charge in [0.05, 0.1) is 12.9 Å². The number of imidazole rings is 1. The number of hydrogen-bond acceptors (Lipinski definition) is 8. The Bertz CT molecular complexity index is 919. The summed E-state index contributed by atoms with van der Waals surface area (Å²) < 4.78 is 14.1. The van der Waals surface area contributed by atoms with Crippen molar-refractivity contribution < 1.29 is 19.4 Å². The molecule has 3 rings (SSSR count). The molecule has 9 nitrogen and oxygen atoms in total. The van der Waals surface area contributed by atoms with Crippen LogP contribution in [0, 0.1) is 12.3 Å². The van der Waals surface area contributed by atoms with Crippen LogP contribution in [0.5, 0.6) is 0 Å². The van der Waals surface area contributed by atoms with E-state index in [-0.39, 0.29) is 10.9 Å². The van der Waals surface area contributed by atoms with Gasteiger partial charge in [0.25, 0.3) is 0 Å². The van der Waals surface area contributed by atoms with Crippen molar-refractivity contribution >= 4 is 25.3 Å². The lowest BCUT2D eigenvalue weighted by molar-refractivity contribution is -0.0605. The van der Waals surface area contributed by atoms with Gasteiger partial charge in [-0.15, -0.1) is 6.42 Å². The normalized spacial score (nSPS) is 28.6. The van der Waals surface area contributed by atoms with Crippen molar-refractivity contribution in [2.45, 2.75) is 62.9 Å². The predicted octanol–water partition coefficient (Wildman–Crippen LogP) is 1.05. The maximum absolute atomic E-state index is 11.2. The Labute approximate surface area is 165 Å². The van der Waals surface area contributed by atoms with Gasteiger partial charge in [0.15, 0.2) is 31.6 Å². The summed E-state index contributed by atoms with van der Waals surface area (Å²) in [6.07, 6.45) is 5.72. The van der Waals surface area contributed by atoms with E-state index in [1.807, 2.05) is 0 Å². The van der Waals surface area contributed by atoms with E-state index in [9.17, 15) is 10.2 Å². The number of nitrogens with zero attached hydrogens (tertiary/aromatic N) is 4. The van der Waals surface area contributed by atoms with E-state index < -0.39 is 39.0 Å². The molecule has 0 bridgehead atoms.